The van der Waals surface area contributed by atoms with Gasteiger partial charge in [0.25, 0.3) is 0 Å². The Morgan fingerprint density at radius 2 is 1.83 bits per heavy atom. The van der Waals surface area contributed by atoms with E-state index in [0.29, 0.717) is 12.3 Å². The predicted molar refractivity (Wildman–Crippen MR) is 94.8 cm³/mol. The molecule has 0 aliphatic carbocycles. The minimum atomic E-state index is -3.43. The molecular weight excluding hydrogens is 338 g/mol. The number of hydrogen-bond acceptors (Lipinski definition) is 4. The number of hydrogen-bond donors (Lipinski definition) is 3. The number of benzene rings is 1. The Morgan fingerprint density at radius 3 is 2.39 bits per heavy atom. The number of sulfonamides is 1. The molecule has 0 heterocycles. The summed E-state index contributed by atoms with van der Waals surface area (Å²) >= 11 is 0. The fourth-order valence-corrected chi connectivity index (χ4v) is 2.82. The molecule has 6 nitrogen and oxygen atoms in total. The molecule has 1 atom stereocenters. The molecule has 1 aromatic carbocycles. The maximum atomic E-state index is 11.8. The first-order valence-corrected chi connectivity index (χ1v) is 9.00. The third-order valence-electron chi connectivity index (χ3n) is 3.07. The molecule has 1 rings (SSSR count). The Balaban J connectivity index is 0.00000484. The second-order valence-corrected chi connectivity index (χ2v) is 7.58. The van der Waals surface area contributed by atoms with Crippen molar-refractivity contribution in [3.63, 3.8) is 0 Å². The van der Waals surface area contributed by atoms with E-state index < -0.39 is 16.1 Å². The SMILES string of the molecule is CC(C)C[C@H](N)C(=O)NCCS(=O)(=O)NCc1ccccc1.Cl. The molecule has 23 heavy (non-hydrogen) atoms. The van der Waals surface area contributed by atoms with Crippen LogP contribution in [-0.2, 0) is 21.4 Å². The monoisotopic (exact) mass is 363 g/mol. The van der Waals surface area contributed by atoms with Crippen LogP contribution in [0.3, 0.4) is 0 Å². The molecule has 0 saturated heterocycles. The van der Waals surface area contributed by atoms with Crippen molar-refractivity contribution >= 4 is 28.3 Å². The first-order chi connectivity index (χ1) is 10.3. The molecule has 132 valence electrons. The standard InChI is InChI=1S/C15H25N3O3S.ClH/c1-12(2)10-14(16)15(19)17-8-9-22(20,21)18-11-13-6-4-3-5-7-13;/h3-7,12,14,18H,8-11,16H2,1-2H3,(H,17,19);1H/t14-;/m0./s1. The van der Waals surface area contributed by atoms with Gasteiger partial charge in [-0.1, -0.05) is 44.2 Å². The molecule has 0 bridgehead atoms. The summed E-state index contributed by atoms with van der Waals surface area (Å²) in [6, 6.07) is 8.65. The van der Waals surface area contributed by atoms with E-state index in [2.05, 4.69) is 10.0 Å². The number of rotatable bonds is 9. The molecule has 0 unspecified atom stereocenters. The van der Waals surface area contributed by atoms with E-state index >= 15 is 0 Å². The quantitative estimate of drug-likeness (QED) is 0.609. The van der Waals surface area contributed by atoms with Crippen LogP contribution in [-0.4, -0.2) is 32.7 Å². The Morgan fingerprint density at radius 1 is 1.22 bits per heavy atom. The van der Waals surface area contributed by atoms with Gasteiger partial charge in [-0.15, -0.1) is 12.4 Å². The van der Waals surface area contributed by atoms with Crippen molar-refractivity contribution in [1.29, 1.82) is 0 Å². The minimum Gasteiger partial charge on any atom is -0.354 e. The van der Waals surface area contributed by atoms with E-state index in [1.807, 2.05) is 44.2 Å². The lowest BCUT2D eigenvalue weighted by Crippen LogP contribution is -2.43. The van der Waals surface area contributed by atoms with Crippen LogP contribution in [0, 0.1) is 5.92 Å². The topological polar surface area (TPSA) is 101 Å². The molecule has 1 aromatic rings. The van der Waals surface area contributed by atoms with Crippen LogP contribution in [0.25, 0.3) is 0 Å². The third kappa shape index (κ3) is 9.55. The van der Waals surface area contributed by atoms with Gasteiger partial charge in [0.2, 0.25) is 15.9 Å². The molecule has 0 aliphatic rings. The largest absolute Gasteiger partial charge is 0.354 e. The first kappa shape index (κ1) is 21.9. The van der Waals surface area contributed by atoms with Crippen molar-refractivity contribution < 1.29 is 13.2 Å². The molecule has 1 amide bonds. The van der Waals surface area contributed by atoms with Crippen molar-refractivity contribution in [3.8, 4) is 0 Å². The lowest BCUT2D eigenvalue weighted by molar-refractivity contribution is -0.122. The van der Waals surface area contributed by atoms with Crippen LogP contribution in [0.4, 0.5) is 0 Å². The molecule has 8 heteroatoms. The zero-order valence-electron chi connectivity index (χ0n) is 13.5. The van der Waals surface area contributed by atoms with Gasteiger partial charge in [0.1, 0.15) is 0 Å². The molecule has 4 N–H and O–H groups in total. The normalized spacial score (nSPS) is 12.5. The average molecular weight is 364 g/mol. The number of nitrogens with one attached hydrogen (secondary N) is 2. The van der Waals surface area contributed by atoms with Crippen LogP contribution < -0.4 is 15.8 Å². The summed E-state index contributed by atoms with van der Waals surface area (Å²) in [6.07, 6.45) is 0.574. The molecule has 0 fully saturated rings. The Labute approximate surface area is 144 Å². The fraction of sp³-hybridized carbons (Fsp3) is 0.533. The lowest BCUT2D eigenvalue weighted by atomic mass is 10.0. The summed E-state index contributed by atoms with van der Waals surface area (Å²) < 4.78 is 26.2. The highest BCUT2D eigenvalue weighted by Crippen LogP contribution is 2.02. The summed E-state index contributed by atoms with van der Waals surface area (Å²) in [6.45, 7) is 4.24. The van der Waals surface area contributed by atoms with Gasteiger partial charge in [-0.05, 0) is 17.9 Å². The first-order valence-electron chi connectivity index (χ1n) is 7.34. The lowest BCUT2D eigenvalue weighted by Gasteiger charge is -2.14. The summed E-state index contributed by atoms with van der Waals surface area (Å²) in [5.41, 5.74) is 6.61. The number of carbonyl (C=O) groups excluding carboxylic acids is 1. The number of halogens is 1. The van der Waals surface area contributed by atoms with Gasteiger partial charge in [0, 0.05) is 13.1 Å². The predicted octanol–water partition coefficient (Wildman–Crippen LogP) is 1.02. The maximum Gasteiger partial charge on any atom is 0.236 e. The number of amides is 1. The zero-order valence-corrected chi connectivity index (χ0v) is 15.1. The third-order valence-corrected chi connectivity index (χ3v) is 4.40. The highest BCUT2D eigenvalue weighted by atomic mass is 35.5. The minimum absolute atomic E-state index is 0. The van der Waals surface area contributed by atoms with Gasteiger partial charge in [-0.25, -0.2) is 13.1 Å². The summed E-state index contributed by atoms with van der Waals surface area (Å²) in [7, 11) is -3.43. The Bertz CT molecular complexity index is 565. The van der Waals surface area contributed by atoms with E-state index in [4.69, 9.17) is 5.73 Å². The van der Waals surface area contributed by atoms with E-state index in [-0.39, 0.29) is 37.2 Å². The van der Waals surface area contributed by atoms with E-state index in [1.54, 1.807) is 0 Å². The van der Waals surface area contributed by atoms with Gasteiger partial charge in [-0.2, -0.15) is 0 Å². The summed E-state index contributed by atoms with van der Waals surface area (Å²) in [4.78, 5) is 11.7. The number of carbonyl (C=O) groups is 1. The zero-order chi connectivity index (χ0) is 16.6. The van der Waals surface area contributed by atoms with E-state index in [9.17, 15) is 13.2 Å². The Hall–Kier alpha value is -1.15. The van der Waals surface area contributed by atoms with Crippen LogP contribution in [0.5, 0.6) is 0 Å². The Kier molecular flexibility index (Phi) is 10.1. The van der Waals surface area contributed by atoms with Crippen molar-refractivity contribution in [1.82, 2.24) is 10.0 Å². The summed E-state index contributed by atoms with van der Waals surface area (Å²) in [5, 5.41) is 2.56. The molecule has 0 aromatic heterocycles. The van der Waals surface area contributed by atoms with Crippen LogP contribution in [0.15, 0.2) is 30.3 Å². The van der Waals surface area contributed by atoms with E-state index in [0.717, 1.165) is 5.56 Å². The molecule has 0 saturated carbocycles. The number of nitrogens with two attached hydrogens (primary N) is 1. The van der Waals surface area contributed by atoms with Crippen LogP contribution in [0.2, 0.25) is 0 Å². The van der Waals surface area contributed by atoms with Gasteiger partial charge in [-0.3, -0.25) is 4.79 Å². The average Bonchev–Trinajstić information content (AvgIpc) is 2.45. The highest BCUT2D eigenvalue weighted by Gasteiger charge is 2.16. The molecule has 0 radical (unpaired) electrons. The molecule has 0 spiro atoms. The van der Waals surface area contributed by atoms with Gasteiger partial charge >= 0.3 is 0 Å². The second-order valence-electron chi connectivity index (χ2n) is 5.65. The molecule has 0 aliphatic heterocycles. The highest BCUT2D eigenvalue weighted by molar-refractivity contribution is 7.89. The maximum absolute atomic E-state index is 11.8. The fourth-order valence-electron chi connectivity index (χ4n) is 1.92. The summed E-state index contributed by atoms with van der Waals surface area (Å²) in [5.74, 6) is -0.163. The van der Waals surface area contributed by atoms with Crippen molar-refractivity contribution in [3.05, 3.63) is 35.9 Å². The van der Waals surface area contributed by atoms with Crippen LogP contribution >= 0.6 is 12.4 Å². The van der Waals surface area contributed by atoms with E-state index in [1.165, 1.54) is 0 Å². The smallest absolute Gasteiger partial charge is 0.236 e. The second kappa shape index (κ2) is 10.6. The van der Waals surface area contributed by atoms with Crippen molar-refractivity contribution in [2.24, 2.45) is 11.7 Å². The van der Waals surface area contributed by atoms with Gasteiger partial charge in [0.05, 0.1) is 11.8 Å². The van der Waals surface area contributed by atoms with Gasteiger partial charge in [0.15, 0.2) is 0 Å². The van der Waals surface area contributed by atoms with Crippen molar-refractivity contribution in [2.75, 3.05) is 12.3 Å². The molecular formula is C15H26ClN3O3S. The van der Waals surface area contributed by atoms with Crippen LogP contribution in [0.1, 0.15) is 25.8 Å². The van der Waals surface area contributed by atoms with Gasteiger partial charge < -0.3 is 11.1 Å². The van der Waals surface area contributed by atoms with Crippen molar-refractivity contribution in [2.45, 2.75) is 32.9 Å².